The lowest BCUT2D eigenvalue weighted by atomic mass is 11.0. The molecule has 1 heterocycles. The normalized spacial score (nSPS) is 9.64. The fraction of sp³-hybridized carbons (Fsp3) is 0.400. The molecule has 0 aromatic carbocycles. The Bertz CT molecular complexity index is 273. The van der Waals surface area contributed by atoms with E-state index in [1.54, 1.807) is 0 Å². The first-order valence-electron chi connectivity index (χ1n) is 2.82. The van der Waals surface area contributed by atoms with Gasteiger partial charge >= 0.3 is 0 Å². The summed E-state index contributed by atoms with van der Waals surface area (Å²) in [7, 11) is 1.53. The van der Waals surface area contributed by atoms with Gasteiger partial charge in [-0.3, -0.25) is 4.98 Å². The Morgan fingerprint density at radius 3 is 2.82 bits per heavy atom. The average molecular weight is 189 g/mol. The standard InChI is InChI=1S/C5H7N3OS2/c1-9-3-6-4(10)8-5(7-3)11-2/h1-2H3,(H,6,7,8,10). The minimum atomic E-state index is 0.390. The molecule has 0 aliphatic rings. The summed E-state index contributed by atoms with van der Waals surface area (Å²) >= 11 is 6.24. The Labute approximate surface area is 73.4 Å². The fourth-order valence-electron chi connectivity index (χ4n) is 0.534. The molecule has 0 bridgehead atoms. The van der Waals surface area contributed by atoms with Crippen molar-refractivity contribution >= 4 is 24.0 Å². The van der Waals surface area contributed by atoms with Crippen LogP contribution < -0.4 is 4.74 Å². The van der Waals surface area contributed by atoms with Crippen molar-refractivity contribution in [3.8, 4) is 6.01 Å². The SMILES string of the molecule is COc1nc(SC)nc(=S)[nH]1. The molecule has 0 saturated carbocycles. The molecule has 60 valence electrons. The zero-order valence-electron chi connectivity index (χ0n) is 6.12. The topological polar surface area (TPSA) is 50.8 Å². The smallest absolute Gasteiger partial charge is 0.298 e. The largest absolute Gasteiger partial charge is 0.468 e. The number of hydrogen-bond acceptors (Lipinski definition) is 5. The van der Waals surface area contributed by atoms with Crippen LogP contribution in [0.5, 0.6) is 6.01 Å². The van der Waals surface area contributed by atoms with E-state index >= 15 is 0 Å². The predicted molar refractivity (Wildman–Crippen MR) is 45.5 cm³/mol. The van der Waals surface area contributed by atoms with E-state index in [1.165, 1.54) is 18.9 Å². The number of rotatable bonds is 2. The molecule has 0 aliphatic heterocycles. The van der Waals surface area contributed by atoms with E-state index in [4.69, 9.17) is 17.0 Å². The fourth-order valence-corrected chi connectivity index (χ4v) is 1.12. The minimum Gasteiger partial charge on any atom is -0.468 e. The number of aromatic nitrogens is 3. The van der Waals surface area contributed by atoms with Crippen molar-refractivity contribution in [2.24, 2.45) is 0 Å². The summed E-state index contributed by atoms with van der Waals surface area (Å²) in [6.07, 6.45) is 1.88. The zero-order valence-corrected chi connectivity index (χ0v) is 7.75. The van der Waals surface area contributed by atoms with Crippen molar-refractivity contribution in [2.75, 3.05) is 13.4 Å². The van der Waals surface area contributed by atoms with E-state index in [0.717, 1.165) is 0 Å². The molecule has 0 unspecified atom stereocenters. The van der Waals surface area contributed by atoms with Crippen molar-refractivity contribution in [2.45, 2.75) is 5.16 Å². The van der Waals surface area contributed by atoms with E-state index in [-0.39, 0.29) is 0 Å². The molecule has 11 heavy (non-hydrogen) atoms. The van der Waals surface area contributed by atoms with Crippen molar-refractivity contribution in [1.82, 2.24) is 15.0 Å². The Morgan fingerprint density at radius 2 is 2.27 bits per heavy atom. The van der Waals surface area contributed by atoms with Gasteiger partial charge in [0.15, 0.2) is 5.16 Å². The van der Waals surface area contributed by atoms with Gasteiger partial charge in [-0.1, -0.05) is 11.8 Å². The van der Waals surface area contributed by atoms with Gasteiger partial charge in [-0.15, -0.1) is 0 Å². The number of thioether (sulfide) groups is 1. The van der Waals surface area contributed by atoms with Crippen LogP contribution in [0.2, 0.25) is 0 Å². The maximum absolute atomic E-state index is 4.85. The first-order chi connectivity index (χ1) is 5.26. The van der Waals surface area contributed by atoms with Crippen molar-refractivity contribution in [3.63, 3.8) is 0 Å². The van der Waals surface area contributed by atoms with Crippen LogP contribution in [0.1, 0.15) is 0 Å². The summed E-state index contributed by atoms with van der Waals surface area (Å²) in [5.74, 6) is 0. The molecule has 0 aliphatic carbocycles. The van der Waals surface area contributed by atoms with E-state index < -0.39 is 0 Å². The van der Waals surface area contributed by atoms with Gasteiger partial charge in [0.2, 0.25) is 4.77 Å². The first kappa shape index (κ1) is 8.48. The summed E-state index contributed by atoms with van der Waals surface area (Å²) in [6.45, 7) is 0. The van der Waals surface area contributed by atoms with Crippen LogP contribution in [0.3, 0.4) is 0 Å². The minimum absolute atomic E-state index is 0.390. The highest BCUT2D eigenvalue weighted by Gasteiger charge is 1.97. The highest BCUT2D eigenvalue weighted by molar-refractivity contribution is 7.98. The van der Waals surface area contributed by atoms with Gasteiger partial charge in [-0.2, -0.15) is 9.97 Å². The summed E-state index contributed by atoms with van der Waals surface area (Å²) in [4.78, 5) is 10.6. The third-order valence-corrected chi connectivity index (χ3v) is 1.73. The molecule has 1 rings (SSSR count). The number of methoxy groups -OCH3 is 1. The van der Waals surface area contributed by atoms with Crippen LogP contribution in [0.15, 0.2) is 5.16 Å². The van der Waals surface area contributed by atoms with Gasteiger partial charge in [0.25, 0.3) is 6.01 Å². The Kier molecular flexibility index (Phi) is 2.84. The van der Waals surface area contributed by atoms with Crippen LogP contribution in [-0.4, -0.2) is 28.3 Å². The highest BCUT2D eigenvalue weighted by atomic mass is 32.2. The molecule has 0 saturated heterocycles. The molecule has 4 nitrogen and oxygen atoms in total. The van der Waals surface area contributed by atoms with Crippen LogP contribution in [0.4, 0.5) is 0 Å². The Hall–Kier alpha value is -0.620. The Morgan fingerprint density at radius 1 is 1.55 bits per heavy atom. The predicted octanol–water partition coefficient (Wildman–Crippen LogP) is 1.26. The monoisotopic (exact) mass is 189 g/mol. The summed E-state index contributed by atoms with van der Waals surface area (Å²) < 4.78 is 5.24. The second-order valence-electron chi connectivity index (χ2n) is 1.65. The first-order valence-corrected chi connectivity index (χ1v) is 4.46. The number of nitrogens with zero attached hydrogens (tertiary/aromatic N) is 2. The maximum Gasteiger partial charge on any atom is 0.298 e. The third-order valence-electron chi connectivity index (χ3n) is 0.984. The molecule has 6 heteroatoms. The lowest BCUT2D eigenvalue weighted by molar-refractivity contribution is 0.372. The Balaban J connectivity index is 3.12. The number of H-pyrrole nitrogens is 1. The van der Waals surface area contributed by atoms with Gasteiger partial charge in [0.05, 0.1) is 7.11 Å². The lowest BCUT2D eigenvalue weighted by Gasteiger charge is -1.98. The van der Waals surface area contributed by atoms with Crippen LogP contribution in [0, 0.1) is 4.77 Å². The van der Waals surface area contributed by atoms with Crippen LogP contribution in [-0.2, 0) is 0 Å². The average Bonchev–Trinajstić information content (AvgIpc) is 2.03. The highest BCUT2D eigenvalue weighted by Crippen LogP contribution is 2.09. The molecule has 0 atom stereocenters. The van der Waals surface area contributed by atoms with Gasteiger partial charge in [-0.05, 0) is 18.5 Å². The summed E-state index contributed by atoms with van der Waals surface area (Å²) in [5.41, 5.74) is 0. The molecular weight excluding hydrogens is 182 g/mol. The lowest BCUT2D eigenvalue weighted by Crippen LogP contribution is -1.95. The van der Waals surface area contributed by atoms with Crippen molar-refractivity contribution < 1.29 is 4.74 Å². The molecule has 0 spiro atoms. The van der Waals surface area contributed by atoms with Gasteiger partial charge in [0, 0.05) is 0 Å². The van der Waals surface area contributed by atoms with E-state index in [9.17, 15) is 0 Å². The molecule has 1 aromatic heterocycles. The quantitative estimate of drug-likeness (QED) is 0.560. The second kappa shape index (κ2) is 3.68. The second-order valence-corrected chi connectivity index (χ2v) is 2.81. The molecular formula is C5H7N3OS2. The molecule has 1 N–H and O–H groups in total. The van der Waals surface area contributed by atoms with Crippen LogP contribution >= 0.6 is 24.0 Å². The molecule has 0 amide bonds. The van der Waals surface area contributed by atoms with E-state index in [2.05, 4.69) is 15.0 Å². The number of nitrogens with one attached hydrogen (secondary N) is 1. The summed E-state index contributed by atoms with van der Waals surface area (Å²) in [6, 6.07) is 0.398. The zero-order chi connectivity index (χ0) is 8.27. The van der Waals surface area contributed by atoms with Gasteiger partial charge in [-0.25, -0.2) is 0 Å². The molecule has 0 radical (unpaired) electrons. The van der Waals surface area contributed by atoms with E-state index in [1.807, 2.05) is 6.26 Å². The van der Waals surface area contributed by atoms with Crippen molar-refractivity contribution in [3.05, 3.63) is 4.77 Å². The number of aromatic amines is 1. The van der Waals surface area contributed by atoms with Gasteiger partial charge < -0.3 is 4.74 Å². The molecule has 1 aromatic rings. The van der Waals surface area contributed by atoms with Gasteiger partial charge in [0.1, 0.15) is 0 Å². The molecule has 0 fully saturated rings. The summed E-state index contributed by atoms with van der Waals surface area (Å²) in [5, 5.41) is 0.616. The number of hydrogen-bond donors (Lipinski definition) is 1. The third kappa shape index (κ3) is 2.16. The van der Waals surface area contributed by atoms with Crippen molar-refractivity contribution in [1.29, 1.82) is 0 Å². The number of ether oxygens (including phenoxy) is 1. The van der Waals surface area contributed by atoms with Crippen LogP contribution in [0.25, 0.3) is 0 Å². The maximum atomic E-state index is 4.85. The van der Waals surface area contributed by atoms with E-state index in [0.29, 0.717) is 15.9 Å².